The Morgan fingerprint density at radius 3 is 2.41 bits per heavy atom. The van der Waals surface area contributed by atoms with Crippen LogP contribution >= 0.6 is 0 Å². The number of anilines is 1. The van der Waals surface area contributed by atoms with Crippen molar-refractivity contribution in [3.8, 4) is 0 Å². The average Bonchev–Trinajstić information content (AvgIpc) is 3.20. The molecule has 2 heterocycles. The summed E-state index contributed by atoms with van der Waals surface area (Å²) in [5.41, 5.74) is 1.87. The van der Waals surface area contributed by atoms with Crippen molar-refractivity contribution in [3.63, 3.8) is 0 Å². The first-order chi connectivity index (χ1) is 15.3. The van der Waals surface area contributed by atoms with E-state index < -0.39 is 18.0 Å². The maximum atomic E-state index is 12.7. The summed E-state index contributed by atoms with van der Waals surface area (Å²) in [6, 6.07) is 7.66. The number of hydrogen-bond acceptors (Lipinski definition) is 6. The van der Waals surface area contributed by atoms with Crippen LogP contribution in [0.25, 0.3) is 0 Å². The van der Waals surface area contributed by atoms with Gasteiger partial charge in [0, 0.05) is 31.7 Å². The Hall–Kier alpha value is -2.90. The molecule has 0 unspecified atom stereocenters. The molecule has 174 valence electrons. The first kappa shape index (κ1) is 23.8. The van der Waals surface area contributed by atoms with Crippen LogP contribution in [0.4, 0.5) is 5.69 Å². The summed E-state index contributed by atoms with van der Waals surface area (Å²) in [7, 11) is 0. The zero-order chi connectivity index (χ0) is 23.3. The van der Waals surface area contributed by atoms with Crippen molar-refractivity contribution in [2.24, 2.45) is 11.8 Å². The Morgan fingerprint density at radius 1 is 1.06 bits per heavy atom. The molecule has 2 aliphatic rings. The molecule has 2 fully saturated rings. The monoisotopic (exact) mass is 444 g/mol. The molecule has 0 spiro atoms. The van der Waals surface area contributed by atoms with Crippen LogP contribution < -0.4 is 4.90 Å². The second kappa shape index (κ2) is 10.6. The Bertz CT molecular complexity index is 862. The van der Waals surface area contributed by atoms with Crippen molar-refractivity contribution in [1.29, 1.82) is 0 Å². The highest BCUT2D eigenvalue weighted by Crippen LogP contribution is 2.29. The molecule has 0 aromatic heterocycles. The van der Waals surface area contributed by atoms with Gasteiger partial charge in [0.1, 0.15) is 0 Å². The third kappa shape index (κ3) is 5.29. The second-order valence-corrected chi connectivity index (χ2v) is 8.32. The van der Waals surface area contributed by atoms with Crippen LogP contribution in [-0.4, -0.2) is 61.0 Å². The summed E-state index contributed by atoms with van der Waals surface area (Å²) in [6.45, 7) is 6.79. The molecule has 0 radical (unpaired) electrons. The standard InChI is InChI=1S/C24H32N2O6/c1-4-17-8-6-7-9-20(17)26-15-19(14-21(26)27)24(30)32-16(3)22(28)25-12-10-18(11-13-25)23(29)31-5-2/h6-9,16,18-19H,4-5,10-15H2,1-3H3/t16-,19+/m0/s1. The minimum Gasteiger partial charge on any atom is -0.466 e. The number of hydrogen-bond donors (Lipinski definition) is 0. The van der Waals surface area contributed by atoms with E-state index in [4.69, 9.17) is 9.47 Å². The van der Waals surface area contributed by atoms with Crippen LogP contribution in [0.2, 0.25) is 0 Å². The molecule has 32 heavy (non-hydrogen) atoms. The number of rotatable bonds is 7. The Morgan fingerprint density at radius 2 is 1.75 bits per heavy atom. The summed E-state index contributed by atoms with van der Waals surface area (Å²) in [5, 5.41) is 0. The maximum Gasteiger partial charge on any atom is 0.312 e. The van der Waals surface area contributed by atoms with Crippen molar-refractivity contribution in [1.82, 2.24) is 4.90 Å². The van der Waals surface area contributed by atoms with Gasteiger partial charge in [-0.25, -0.2) is 0 Å². The van der Waals surface area contributed by atoms with Gasteiger partial charge in [-0.2, -0.15) is 0 Å². The molecule has 0 bridgehead atoms. The van der Waals surface area contributed by atoms with Crippen molar-refractivity contribution >= 4 is 29.4 Å². The van der Waals surface area contributed by atoms with E-state index >= 15 is 0 Å². The first-order valence-corrected chi connectivity index (χ1v) is 11.4. The molecule has 0 saturated carbocycles. The van der Waals surface area contributed by atoms with E-state index in [1.165, 1.54) is 0 Å². The summed E-state index contributed by atoms with van der Waals surface area (Å²) < 4.78 is 10.5. The summed E-state index contributed by atoms with van der Waals surface area (Å²) >= 11 is 0. The van der Waals surface area contributed by atoms with Crippen LogP contribution in [0.3, 0.4) is 0 Å². The lowest BCUT2D eigenvalue weighted by Crippen LogP contribution is -2.46. The fourth-order valence-electron chi connectivity index (χ4n) is 4.35. The van der Waals surface area contributed by atoms with E-state index in [1.807, 2.05) is 31.2 Å². The number of likely N-dealkylation sites (tertiary alicyclic amines) is 1. The Kier molecular flexibility index (Phi) is 7.88. The zero-order valence-electron chi connectivity index (χ0n) is 19.0. The molecule has 8 heteroatoms. The van der Waals surface area contributed by atoms with Gasteiger partial charge < -0.3 is 19.3 Å². The third-order valence-electron chi connectivity index (χ3n) is 6.19. The van der Waals surface area contributed by atoms with Crippen molar-refractivity contribution in [2.75, 3.05) is 31.1 Å². The van der Waals surface area contributed by atoms with Gasteiger partial charge in [-0.3, -0.25) is 19.2 Å². The number of esters is 2. The normalized spacial score (nSPS) is 20.2. The van der Waals surface area contributed by atoms with Gasteiger partial charge >= 0.3 is 11.9 Å². The van der Waals surface area contributed by atoms with Crippen LogP contribution in [0.1, 0.15) is 45.6 Å². The number of nitrogens with zero attached hydrogens (tertiary/aromatic N) is 2. The molecule has 2 saturated heterocycles. The first-order valence-electron chi connectivity index (χ1n) is 11.4. The van der Waals surface area contributed by atoms with Gasteiger partial charge in [0.2, 0.25) is 5.91 Å². The molecule has 3 rings (SSSR count). The number of amides is 2. The van der Waals surface area contributed by atoms with E-state index in [0.29, 0.717) is 32.5 Å². The number of para-hydroxylation sites is 1. The maximum absolute atomic E-state index is 12.7. The topological polar surface area (TPSA) is 93.2 Å². The van der Waals surface area contributed by atoms with E-state index in [-0.39, 0.29) is 36.7 Å². The Balaban J connectivity index is 1.53. The van der Waals surface area contributed by atoms with Crippen LogP contribution in [-0.2, 0) is 35.1 Å². The zero-order valence-corrected chi connectivity index (χ0v) is 19.0. The molecule has 0 aliphatic carbocycles. The number of ether oxygens (including phenoxy) is 2. The van der Waals surface area contributed by atoms with Gasteiger partial charge in [0.05, 0.1) is 18.4 Å². The molecule has 0 N–H and O–H groups in total. The largest absolute Gasteiger partial charge is 0.466 e. The van der Waals surface area contributed by atoms with E-state index in [0.717, 1.165) is 17.7 Å². The molecule has 1 aromatic rings. The summed E-state index contributed by atoms with van der Waals surface area (Å²) in [4.78, 5) is 53.1. The molecule has 2 atom stereocenters. The van der Waals surface area contributed by atoms with Crippen LogP contribution in [0, 0.1) is 11.8 Å². The van der Waals surface area contributed by atoms with Crippen LogP contribution in [0.5, 0.6) is 0 Å². The van der Waals surface area contributed by atoms with Gasteiger partial charge in [0.15, 0.2) is 6.10 Å². The van der Waals surface area contributed by atoms with Gasteiger partial charge in [-0.15, -0.1) is 0 Å². The predicted molar refractivity (Wildman–Crippen MR) is 118 cm³/mol. The molecule has 1 aromatic carbocycles. The highest BCUT2D eigenvalue weighted by molar-refractivity contribution is 6.00. The average molecular weight is 445 g/mol. The fraction of sp³-hybridized carbons (Fsp3) is 0.583. The van der Waals surface area contributed by atoms with E-state index in [2.05, 4.69) is 0 Å². The van der Waals surface area contributed by atoms with Crippen molar-refractivity contribution in [2.45, 2.75) is 52.6 Å². The minimum atomic E-state index is -0.936. The SMILES string of the molecule is CCOC(=O)C1CCN(C(=O)[C@H](C)OC(=O)[C@@H]2CC(=O)N(c3ccccc3CC)C2)CC1. The van der Waals surface area contributed by atoms with E-state index in [9.17, 15) is 19.2 Å². The van der Waals surface area contributed by atoms with Gasteiger partial charge in [0.25, 0.3) is 5.91 Å². The molecule has 2 amide bonds. The lowest BCUT2D eigenvalue weighted by Gasteiger charge is -2.32. The quantitative estimate of drug-likeness (QED) is 0.600. The molecule has 2 aliphatic heterocycles. The number of benzene rings is 1. The lowest BCUT2D eigenvalue weighted by atomic mass is 9.96. The third-order valence-corrected chi connectivity index (χ3v) is 6.19. The minimum absolute atomic E-state index is 0.0721. The number of piperidine rings is 1. The number of carbonyl (C=O) groups is 4. The van der Waals surface area contributed by atoms with Gasteiger partial charge in [-0.1, -0.05) is 25.1 Å². The predicted octanol–water partition coefficient (Wildman–Crippen LogP) is 2.34. The highest BCUT2D eigenvalue weighted by atomic mass is 16.5. The molecular weight excluding hydrogens is 412 g/mol. The van der Waals surface area contributed by atoms with E-state index in [1.54, 1.807) is 23.6 Å². The Labute approximate surface area is 188 Å². The lowest BCUT2D eigenvalue weighted by molar-refractivity contribution is -0.163. The fourth-order valence-corrected chi connectivity index (χ4v) is 4.35. The van der Waals surface area contributed by atoms with Crippen molar-refractivity contribution in [3.05, 3.63) is 29.8 Å². The number of carbonyl (C=O) groups excluding carboxylic acids is 4. The highest BCUT2D eigenvalue weighted by Gasteiger charge is 2.38. The molecule has 8 nitrogen and oxygen atoms in total. The van der Waals surface area contributed by atoms with Gasteiger partial charge in [-0.05, 0) is 44.7 Å². The smallest absolute Gasteiger partial charge is 0.312 e. The summed E-state index contributed by atoms with van der Waals surface area (Å²) in [5.74, 6) is -1.95. The second-order valence-electron chi connectivity index (χ2n) is 8.32. The molecular formula is C24H32N2O6. The number of aryl methyl sites for hydroxylation is 1. The van der Waals surface area contributed by atoms with Crippen LogP contribution in [0.15, 0.2) is 24.3 Å². The van der Waals surface area contributed by atoms with Crippen molar-refractivity contribution < 1.29 is 28.7 Å². The summed E-state index contributed by atoms with van der Waals surface area (Å²) in [6.07, 6.45) is 0.993.